The third-order valence-corrected chi connectivity index (χ3v) is 5.29. The largest absolute Gasteiger partial charge is 0.197 e. The van der Waals surface area contributed by atoms with Gasteiger partial charge in [0.25, 0.3) is 0 Å². The number of aryl methyl sites for hydroxylation is 2. The van der Waals surface area contributed by atoms with Crippen molar-refractivity contribution in [2.75, 3.05) is 0 Å². The summed E-state index contributed by atoms with van der Waals surface area (Å²) in [6.45, 7) is 4.28. The molecule has 1 spiro atoms. The molecule has 0 bridgehead atoms. The van der Waals surface area contributed by atoms with Crippen LogP contribution in [-0.2, 0) is 5.41 Å². The molecule has 3 rings (SSSR count). The highest BCUT2D eigenvalue weighted by molar-refractivity contribution is 5.42. The van der Waals surface area contributed by atoms with Crippen LogP contribution in [0.3, 0.4) is 0 Å². The van der Waals surface area contributed by atoms with Gasteiger partial charge in [0.2, 0.25) is 0 Å². The summed E-state index contributed by atoms with van der Waals surface area (Å²) in [5.74, 6) is 0. The quantitative estimate of drug-likeness (QED) is 0.711. The molecule has 0 aliphatic heterocycles. The Labute approximate surface area is 110 Å². The zero-order valence-electron chi connectivity index (χ0n) is 11.4. The van der Waals surface area contributed by atoms with E-state index in [-0.39, 0.29) is 5.41 Å². The molecular weight excluding hydrogens is 218 g/mol. The monoisotopic (exact) mass is 239 g/mol. The van der Waals surface area contributed by atoms with Gasteiger partial charge in [0, 0.05) is 0 Å². The zero-order valence-corrected chi connectivity index (χ0v) is 11.4. The van der Waals surface area contributed by atoms with Crippen LogP contribution in [-0.4, -0.2) is 0 Å². The Hall–Kier alpha value is -1.29. The normalized spacial score (nSPS) is 23.6. The van der Waals surface area contributed by atoms with Gasteiger partial charge in [-0.2, -0.15) is 5.26 Å². The minimum absolute atomic E-state index is 0.178. The van der Waals surface area contributed by atoms with Gasteiger partial charge in [-0.15, -0.1) is 0 Å². The van der Waals surface area contributed by atoms with E-state index >= 15 is 0 Å². The molecule has 2 fully saturated rings. The summed E-state index contributed by atoms with van der Waals surface area (Å²) in [5.41, 5.74) is 4.24. The molecule has 0 aromatic heterocycles. The van der Waals surface area contributed by atoms with Gasteiger partial charge in [0.1, 0.15) is 0 Å². The van der Waals surface area contributed by atoms with E-state index in [4.69, 9.17) is 0 Å². The second-order valence-electron chi connectivity index (χ2n) is 6.55. The first-order chi connectivity index (χ1) is 8.59. The molecule has 0 unspecified atom stereocenters. The van der Waals surface area contributed by atoms with E-state index in [1.807, 2.05) is 0 Å². The fourth-order valence-corrected chi connectivity index (χ4v) is 4.09. The van der Waals surface area contributed by atoms with Crippen LogP contribution in [0, 0.1) is 30.6 Å². The first kappa shape index (κ1) is 11.8. The molecule has 2 saturated carbocycles. The van der Waals surface area contributed by atoms with Gasteiger partial charge >= 0.3 is 0 Å². The Balaban J connectivity index is 1.90. The van der Waals surface area contributed by atoms with Gasteiger partial charge in [0.15, 0.2) is 0 Å². The molecular formula is C17H21N. The number of hydrogen-bond donors (Lipinski definition) is 0. The summed E-state index contributed by atoms with van der Waals surface area (Å²) in [6, 6.07) is 9.21. The van der Waals surface area contributed by atoms with Crippen molar-refractivity contribution in [3.8, 4) is 6.07 Å². The van der Waals surface area contributed by atoms with E-state index in [1.165, 1.54) is 42.4 Å². The van der Waals surface area contributed by atoms with Crippen LogP contribution in [0.5, 0.6) is 0 Å². The number of nitriles is 1. The maximum Gasteiger partial charge on any atom is 0.0833 e. The van der Waals surface area contributed by atoms with Crippen LogP contribution in [0.1, 0.15) is 55.2 Å². The Morgan fingerprint density at radius 1 is 1.06 bits per heavy atom. The Bertz CT molecular complexity index is 507. The summed E-state index contributed by atoms with van der Waals surface area (Å²) in [7, 11) is 0. The number of hydrogen-bond acceptors (Lipinski definition) is 1. The van der Waals surface area contributed by atoms with Crippen molar-refractivity contribution in [3.63, 3.8) is 0 Å². The van der Waals surface area contributed by atoms with Crippen LogP contribution in [0.4, 0.5) is 0 Å². The molecule has 18 heavy (non-hydrogen) atoms. The predicted octanol–water partition coefficient (Wildman–Crippen LogP) is 4.42. The lowest BCUT2D eigenvalue weighted by Crippen LogP contribution is -2.47. The minimum Gasteiger partial charge on any atom is -0.197 e. The lowest BCUT2D eigenvalue weighted by molar-refractivity contribution is 0.0648. The lowest BCUT2D eigenvalue weighted by atomic mass is 9.50. The van der Waals surface area contributed by atoms with E-state index in [0.29, 0.717) is 5.41 Å². The highest BCUT2D eigenvalue weighted by Gasteiger charge is 2.56. The molecule has 0 amide bonds. The van der Waals surface area contributed by atoms with E-state index < -0.39 is 0 Å². The Morgan fingerprint density at radius 2 is 1.72 bits per heavy atom. The summed E-state index contributed by atoms with van der Waals surface area (Å²) in [5, 5.41) is 9.64. The number of nitrogens with zero attached hydrogens (tertiary/aromatic N) is 1. The van der Waals surface area contributed by atoms with Crippen molar-refractivity contribution in [1.29, 1.82) is 5.26 Å². The molecule has 0 saturated heterocycles. The second-order valence-corrected chi connectivity index (χ2v) is 6.55. The highest BCUT2D eigenvalue weighted by Crippen LogP contribution is 2.62. The van der Waals surface area contributed by atoms with Gasteiger partial charge < -0.3 is 0 Å². The number of benzene rings is 1. The SMILES string of the molecule is Cc1ccc(C2(C#N)CC3(CCCC3)C2)cc1C. The topological polar surface area (TPSA) is 23.8 Å². The highest BCUT2D eigenvalue weighted by atomic mass is 14.6. The molecule has 0 N–H and O–H groups in total. The van der Waals surface area contributed by atoms with Gasteiger partial charge in [-0.05, 0) is 61.6 Å². The van der Waals surface area contributed by atoms with Crippen LogP contribution < -0.4 is 0 Å². The van der Waals surface area contributed by atoms with Gasteiger partial charge in [-0.25, -0.2) is 0 Å². The molecule has 0 radical (unpaired) electrons. The van der Waals surface area contributed by atoms with Gasteiger partial charge in [0.05, 0.1) is 11.5 Å². The van der Waals surface area contributed by atoms with Crippen LogP contribution in [0.2, 0.25) is 0 Å². The fraction of sp³-hybridized carbons (Fsp3) is 0.588. The van der Waals surface area contributed by atoms with Crippen molar-refractivity contribution < 1.29 is 0 Å². The molecule has 1 aromatic carbocycles. The maximum absolute atomic E-state index is 9.64. The molecule has 2 aliphatic rings. The van der Waals surface area contributed by atoms with Crippen LogP contribution in [0.25, 0.3) is 0 Å². The van der Waals surface area contributed by atoms with Crippen molar-refractivity contribution in [2.45, 2.75) is 57.8 Å². The maximum atomic E-state index is 9.64. The molecule has 1 heteroatoms. The predicted molar refractivity (Wildman–Crippen MR) is 73.3 cm³/mol. The fourth-order valence-electron chi connectivity index (χ4n) is 4.09. The third kappa shape index (κ3) is 1.59. The molecule has 1 nitrogen and oxygen atoms in total. The summed E-state index contributed by atoms with van der Waals surface area (Å²) in [4.78, 5) is 0. The van der Waals surface area contributed by atoms with Gasteiger partial charge in [-0.1, -0.05) is 31.0 Å². The summed E-state index contributed by atoms with van der Waals surface area (Å²) in [6.07, 6.45) is 7.63. The van der Waals surface area contributed by atoms with E-state index in [1.54, 1.807) is 0 Å². The molecule has 1 aromatic rings. The Kier molecular flexibility index (Phi) is 2.52. The van der Waals surface area contributed by atoms with E-state index in [2.05, 4.69) is 38.1 Å². The zero-order chi connectivity index (χ0) is 12.8. The smallest absolute Gasteiger partial charge is 0.0833 e. The van der Waals surface area contributed by atoms with Crippen LogP contribution >= 0.6 is 0 Å². The van der Waals surface area contributed by atoms with Crippen molar-refractivity contribution >= 4 is 0 Å². The van der Waals surface area contributed by atoms with E-state index in [9.17, 15) is 5.26 Å². The van der Waals surface area contributed by atoms with Gasteiger partial charge in [-0.3, -0.25) is 0 Å². The molecule has 0 atom stereocenters. The first-order valence-electron chi connectivity index (χ1n) is 7.08. The van der Waals surface area contributed by atoms with Crippen LogP contribution in [0.15, 0.2) is 18.2 Å². The third-order valence-electron chi connectivity index (χ3n) is 5.29. The molecule has 0 heterocycles. The average molecular weight is 239 g/mol. The molecule has 2 aliphatic carbocycles. The minimum atomic E-state index is -0.178. The summed E-state index contributed by atoms with van der Waals surface area (Å²) >= 11 is 0. The summed E-state index contributed by atoms with van der Waals surface area (Å²) < 4.78 is 0. The molecule has 94 valence electrons. The number of rotatable bonds is 1. The standard InChI is InChI=1S/C17H21N/c1-13-5-6-15(9-14(13)2)17(12-18)10-16(11-17)7-3-4-8-16/h5-6,9H,3-4,7-8,10-11H2,1-2H3. The van der Waals surface area contributed by atoms with Crippen molar-refractivity contribution in [1.82, 2.24) is 0 Å². The van der Waals surface area contributed by atoms with Crippen molar-refractivity contribution in [3.05, 3.63) is 34.9 Å². The first-order valence-corrected chi connectivity index (χ1v) is 7.08. The lowest BCUT2D eigenvalue weighted by Gasteiger charge is -2.51. The second kappa shape index (κ2) is 3.85. The Morgan fingerprint density at radius 3 is 2.28 bits per heavy atom. The average Bonchev–Trinajstić information content (AvgIpc) is 2.79. The van der Waals surface area contributed by atoms with Crippen molar-refractivity contribution in [2.24, 2.45) is 5.41 Å². The van der Waals surface area contributed by atoms with E-state index in [0.717, 1.165) is 12.8 Å².